The third-order valence-corrected chi connectivity index (χ3v) is 4.35. The van der Waals surface area contributed by atoms with Crippen LogP contribution in [0.1, 0.15) is 17.2 Å². The first-order valence-electron chi connectivity index (χ1n) is 8.44. The molecule has 2 aromatic rings. The smallest absolute Gasteiger partial charge is 0.379 e. The van der Waals surface area contributed by atoms with E-state index in [1.54, 1.807) is 11.0 Å². The second-order valence-electron chi connectivity index (χ2n) is 6.19. The van der Waals surface area contributed by atoms with Crippen LogP contribution in [0.2, 0.25) is 0 Å². The highest BCUT2D eigenvalue weighted by Gasteiger charge is 2.34. The number of halogens is 4. The minimum Gasteiger partial charge on any atom is -0.379 e. The van der Waals surface area contributed by atoms with Gasteiger partial charge in [-0.15, -0.1) is 0 Å². The SMILES string of the molecule is O=C(Nc1cc(C(F)(F)F)c[nH]c1=O)[C@@H](c1ccccc1F)N1CCOCC1. The van der Waals surface area contributed by atoms with E-state index in [4.69, 9.17) is 4.74 Å². The van der Waals surface area contributed by atoms with E-state index in [-0.39, 0.29) is 5.56 Å². The zero-order chi connectivity index (χ0) is 20.3. The van der Waals surface area contributed by atoms with Crippen molar-refractivity contribution in [1.29, 1.82) is 0 Å². The van der Waals surface area contributed by atoms with Crippen molar-refractivity contribution in [2.45, 2.75) is 12.2 Å². The summed E-state index contributed by atoms with van der Waals surface area (Å²) >= 11 is 0. The van der Waals surface area contributed by atoms with Crippen LogP contribution in [0.5, 0.6) is 0 Å². The Kier molecular flexibility index (Phi) is 5.80. The molecule has 0 spiro atoms. The van der Waals surface area contributed by atoms with Gasteiger partial charge in [0.15, 0.2) is 0 Å². The molecule has 1 atom stereocenters. The average molecular weight is 399 g/mol. The fraction of sp³-hybridized carbons (Fsp3) is 0.333. The summed E-state index contributed by atoms with van der Waals surface area (Å²) in [7, 11) is 0. The van der Waals surface area contributed by atoms with Crippen LogP contribution in [-0.2, 0) is 15.7 Å². The number of anilines is 1. The molecule has 3 rings (SSSR count). The number of aromatic nitrogens is 1. The Morgan fingerprint density at radius 1 is 1.21 bits per heavy atom. The molecule has 0 saturated carbocycles. The van der Waals surface area contributed by atoms with E-state index >= 15 is 0 Å². The number of pyridine rings is 1. The van der Waals surface area contributed by atoms with Gasteiger partial charge in [0.2, 0.25) is 5.91 Å². The summed E-state index contributed by atoms with van der Waals surface area (Å²) in [5, 5.41) is 2.21. The second-order valence-corrected chi connectivity index (χ2v) is 6.19. The van der Waals surface area contributed by atoms with E-state index < -0.39 is 40.8 Å². The summed E-state index contributed by atoms with van der Waals surface area (Å²) in [6.07, 6.45) is -4.17. The van der Waals surface area contributed by atoms with Crippen LogP contribution >= 0.6 is 0 Å². The minimum atomic E-state index is -4.70. The summed E-state index contributed by atoms with van der Waals surface area (Å²) in [5.41, 5.74) is -2.51. The van der Waals surface area contributed by atoms with Crippen molar-refractivity contribution in [2.75, 3.05) is 31.6 Å². The van der Waals surface area contributed by atoms with Crippen LogP contribution < -0.4 is 10.9 Å². The molecule has 1 aromatic carbocycles. The molecule has 1 fully saturated rings. The first-order chi connectivity index (χ1) is 13.3. The van der Waals surface area contributed by atoms with E-state index in [9.17, 15) is 27.2 Å². The fourth-order valence-corrected chi connectivity index (χ4v) is 2.98. The highest BCUT2D eigenvalue weighted by Crippen LogP contribution is 2.30. The number of hydrogen-bond acceptors (Lipinski definition) is 4. The number of benzene rings is 1. The van der Waals surface area contributed by atoms with Gasteiger partial charge >= 0.3 is 6.18 Å². The van der Waals surface area contributed by atoms with E-state index in [1.165, 1.54) is 18.2 Å². The van der Waals surface area contributed by atoms with E-state index in [0.717, 1.165) is 0 Å². The number of morpholine rings is 1. The molecule has 6 nitrogen and oxygen atoms in total. The number of amides is 1. The number of H-pyrrole nitrogens is 1. The molecule has 0 radical (unpaired) electrons. The van der Waals surface area contributed by atoms with Gasteiger partial charge in [-0.25, -0.2) is 4.39 Å². The maximum atomic E-state index is 14.3. The van der Waals surface area contributed by atoms with Gasteiger partial charge in [0.05, 0.1) is 18.8 Å². The molecule has 10 heteroatoms. The minimum absolute atomic E-state index is 0.0605. The lowest BCUT2D eigenvalue weighted by atomic mass is 10.0. The van der Waals surface area contributed by atoms with Crippen molar-refractivity contribution in [1.82, 2.24) is 9.88 Å². The molecule has 1 amide bonds. The first kappa shape index (κ1) is 20.0. The maximum Gasteiger partial charge on any atom is 0.417 e. The molecule has 2 heterocycles. The topological polar surface area (TPSA) is 74.4 Å². The van der Waals surface area contributed by atoms with Crippen LogP contribution in [0.4, 0.5) is 23.2 Å². The predicted octanol–water partition coefficient (Wildman–Crippen LogP) is 2.54. The van der Waals surface area contributed by atoms with Gasteiger partial charge in [-0.05, 0) is 12.1 Å². The number of aromatic amines is 1. The van der Waals surface area contributed by atoms with Crippen molar-refractivity contribution >= 4 is 11.6 Å². The largest absolute Gasteiger partial charge is 0.417 e. The van der Waals surface area contributed by atoms with Crippen molar-refractivity contribution in [2.24, 2.45) is 0 Å². The molecule has 28 heavy (non-hydrogen) atoms. The molecule has 1 aliphatic rings. The summed E-state index contributed by atoms with van der Waals surface area (Å²) in [6.45, 7) is 1.29. The van der Waals surface area contributed by atoms with Crippen LogP contribution in [0, 0.1) is 5.82 Å². The molecule has 0 aliphatic carbocycles. The molecule has 0 unspecified atom stereocenters. The number of alkyl halides is 3. The van der Waals surface area contributed by atoms with Crippen molar-refractivity contribution in [3.8, 4) is 0 Å². The number of rotatable bonds is 4. The van der Waals surface area contributed by atoms with Gasteiger partial charge < -0.3 is 15.0 Å². The Morgan fingerprint density at radius 2 is 1.89 bits per heavy atom. The van der Waals surface area contributed by atoms with Crippen LogP contribution in [0.25, 0.3) is 0 Å². The van der Waals surface area contributed by atoms with Crippen molar-refractivity contribution in [3.05, 3.63) is 63.8 Å². The number of nitrogens with one attached hydrogen (secondary N) is 2. The first-order valence-corrected chi connectivity index (χ1v) is 8.44. The Balaban J connectivity index is 1.94. The van der Waals surface area contributed by atoms with Gasteiger partial charge in [0.25, 0.3) is 5.56 Å². The van der Waals surface area contributed by atoms with Gasteiger partial charge in [0.1, 0.15) is 17.5 Å². The normalized spacial score (nSPS) is 16.6. The van der Waals surface area contributed by atoms with E-state index in [1.807, 2.05) is 4.98 Å². The van der Waals surface area contributed by atoms with E-state index in [0.29, 0.717) is 38.6 Å². The van der Waals surface area contributed by atoms with Crippen LogP contribution in [0.15, 0.2) is 41.3 Å². The fourth-order valence-electron chi connectivity index (χ4n) is 2.98. The molecule has 1 saturated heterocycles. The molecule has 2 N–H and O–H groups in total. The summed E-state index contributed by atoms with van der Waals surface area (Å²) in [6, 6.07) is 5.05. The van der Waals surface area contributed by atoms with Gasteiger partial charge in [-0.2, -0.15) is 13.2 Å². The Hall–Kier alpha value is -2.72. The lowest BCUT2D eigenvalue weighted by Crippen LogP contribution is -2.44. The van der Waals surface area contributed by atoms with Crippen LogP contribution in [0.3, 0.4) is 0 Å². The Labute approximate surface area is 157 Å². The molecule has 150 valence electrons. The zero-order valence-electron chi connectivity index (χ0n) is 14.6. The number of carbonyl (C=O) groups is 1. The zero-order valence-corrected chi connectivity index (χ0v) is 14.6. The lowest BCUT2D eigenvalue weighted by molar-refractivity contribution is -0.137. The van der Waals surface area contributed by atoms with Crippen molar-refractivity contribution in [3.63, 3.8) is 0 Å². The van der Waals surface area contributed by atoms with E-state index in [2.05, 4.69) is 5.32 Å². The van der Waals surface area contributed by atoms with Gasteiger partial charge in [0, 0.05) is 24.8 Å². The molecule has 0 bridgehead atoms. The highest BCUT2D eigenvalue weighted by atomic mass is 19.4. The Morgan fingerprint density at radius 3 is 2.54 bits per heavy atom. The Bertz CT molecular complexity index is 907. The molecule has 1 aromatic heterocycles. The maximum absolute atomic E-state index is 14.3. The monoisotopic (exact) mass is 399 g/mol. The third kappa shape index (κ3) is 4.39. The predicted molar refractivity (Wildman–Crippen MR) is 92.2 cm³/mol. The van der Waals surface area contributed by atoms with Crippen LogP contribution in [-0.4, -0.2) is 42.1 Å². The average Bonchev–Trinajstić information content (AvgIpc) is 2.65. The summed E-state index contributed by atoms with van der Waals surface area (Å²) < 4.78 is 58.3. The van der Waals surface area contributed by atoms with Gasteiger partial charge in [-0.3, -0.25) is 14.5 Å². The second kappa shape index (κ2) is 8.11. The summed E-state index contributed by atoms with van der Waals surface area (Å²) in [4.78, 5) is 28.4. The molecule has 1 aliphatic heterocycles. The van der Waals surface area contributed by atoms with Crippen molar-refractivity contribution < 1.29 is 27.1 Å². The highest BCUT2D eigenvalue weighted by molar-refractivity contribution is 5.95. The molecular formula is C18H17F4N3O3. The third-order valence-electron chi connectivity index (χ3n) is 4.35. The number of ether oxygens (including phenoxy) is 1. The number of carbonyl (C=O) groups excluding carboxylic acids is 1. The summed E-state index contributed by atoms with van der Waals surface area (Å²) in [5.74, 6) is -1.44. The number of nitrogens with zero attached hydrogens (tertiary/aromatic N) is 1. The lowest BCUT2D eigenvalue weighted by Gasteiger charge is -2.33. The number of hydrogen-bond donors (Lipinski definition) is 2. The molecular weight excluding hydrogens is 382 g/mol. The van der Waals surface area contributed by atoms with Gasteiger partial charge in [-0.1, -0.05) is 18.2 Å². The quantitative estimate of drug-likeness (QED) is 0.775. The standard InChI is InChI=1S/C18H17F4N3O3/c19-13-4-2-1-3-12(13)15(25-5-7-28-8-6-25)17(27)24-14-9-11(18(20,21)22)10-23-16(14)26/h1-4,9-10,15H,5-8H2,(H,23,26)(H,24,27)/t15-/m1/s1.